The zero-order valence-corrected chi connectivity index (χ0v) is 13.5. The Morgan fingerprint density at radius 2 is 1.95 bits per heavy atom. The molecule has 1 aromatic carbocycles. The van der Waals surface area contributed by atoms with Crippen molar-refractivity contribution in [2.45, 2.75) is 51.0 Å². The van der Waals surface area contributed by atoms with Crippen molar-refractivity contribution in [3.8, 4) is 0 Å². The predicted octanol–water partition coefficient (Wildman–Crippen LogP) is 1.97. The summed E-state index contributed by atoms with van der Waals surface area (Å²) in [5, 5.41) is 5.20. The van der Waals surface area contributed by atoms with Gasteiger partial charge < -0.3 is 4.90 Å². The first-order valence-corrected chi connectivity index (χ1v) is 8.75. The minimum Gasteiger partial charge on any atom is -0.336 e. The first-order valence-electron chi connectivity index (χ1n) is 7.20. The number of carbonyl (C=O) groups is 1. The maximum Gasteiger partial charge on any atom is 0.254 e. The summed E-state index contributed by atoms with van der Waals surface area (Å²) < 4.78 is 23.1. The minimum atomic E-state index is -3.81. The van der Waals surface area contributed by atoms with Gasteiger partial charge in [-0.2, -0.15) is 0 Å². The molecule has 2 rings (SSSR count). The molecule has 2 N–H and O–H groups in total. The number of nitrogens with zero attached hydrogens (tertiary/aromatic N) is 1. The van der Waals surface area contributed by atoms with Crippen molar-refractivity contribution < 1.29 is 13.2 Å². The number of sulfonamides is 1. The Labute approximate surface area is 126 Å². The van der Waals surface area contributed by atoms with Crippen LogP contribution in [0.25, 0.3) is 0 Å². The number of nitrogens with two attached hydrogens (primary N) is 1. The second-order valence-electron chi connectivity index (χ2n) is 5.69. The number of primary sulfonamides is 1. The van der Waals surface area contributed by atoms with Gasteiger partial charge >= 0.3 is 0 Å². The van der Waals surface area contributed by atoms with Gasteiger partial charge in [-0.1, -0.05) is 6.92 Å². The molecule has 0 radical (unpaired) electrons. The van der Waals surface area contributed by atoms with Crippen LogP contribution >= 0.6 is 0 Å². The normalized spacial score (nSPS) is 15.0. The molecule has 0 heterocycles. The maximum absolute atomic E-state index is 12.8. The van der Waals surface area contributed by atoms with Crippen LogP contribution in [0.15, 0.2) is 17.0 Å². The number of hydrogen-bond donors (Lipinski definition) is 1. The summed E-state index contributed by atoms with van der Waals surface area (Å²) in [6.45, 7) is 6.36. The van der Waals surface area contributed by atoms with Gasteiger partial charge in [-0.3, -0.25) is 4.79 Å². The Morgan fingerprint density at radius 1 is 1.33 bits per heavy atom. The lowest BCUT2D eigenvalue weighted by atomic mass is 10.0. The Kier molecular flexibility index (Phi) is 4.39. The number of rotatable bonds is 5. The average Bonchev–Trinajstić information content (AvgIpc) is 3.21. The third-order valence-corrected chi connectivity index (χ3v) is 4.81. The van der Waals surface area contributed by atoms with Crippen molar-refractivity contribution in [1.82, 2.24) is 4.90 Å². The molecule has 0 aliphatic heterocycles. The molecule has 1 amide bonds. The number of carbonyl (C=O) groups excluding carboxylic acids is 1. The topological polar surface area (TPSA) is 80.5 Å². The van der Waals surface area contributed by atoms with E-state index in [0.717, 1.165) is 30.4 Å². The molecular formula is C15H22N2O3S. The SMILES string of the molecule is CCCN(C(=O)c1cc(S(N)(=O)=O)cc(C)c1C)C1CC1. The highest BCUT2D eigenvalue weighted by Gasteiger charge is 2.33. The van der Waals surface area contributed by atoms with Crippen molar-refractivity contribution in [3.05, 3.63) is 28.8 Å². The second-order valence-corrected chi connectivity index (χ2v) is 7.25. The summed E-state index contributed by atoms with van der Waals surface area (Å²) in [6.07, 6.45) is 2.94. The van der Waals surface area contributed by atoms with Crippen LogP contribution < -0.4 is 5.14 Å². The molecule has 1 aliphatic rings. The maximum atomic E-state index is 12.8. The van der Waals surface area contributed by atoms with Crippen LogP contribution in [0.5, 0.6) is 0 Å². The molecule has 0 aromatic heterocycles. The van der Waals surface area contributed by atoms with E-state index < -0.39 is 10.0 Å². The lowest BCUT2D eigenvalue weighted by Gasteiger charge is -2.23. The zero-order chi connectivity index (χ0) is 15.8. The number of aryl methyl sites for hydroxylation is 1. The van der Waals surface area contributed by atoms with Crippen molar-refractivity contribution in [2.24, 2.45) is 5.14 Å². The van der Waals surface area contributed by atoms with Gasteiger partial charge in [0.2, 0.25) is 10.0 Å². The average molecular weight is 310 g/mol. The van der Waals surface area contributed by atoms with Gasteiger partial charge in [0.25, 0.3) is 5.91 Å². The summed E-state index contributed by atoms with van der Waals surface area (Å²) >= 11 is 0. The Hall–Kier alpha value is -1.40. The summed E-state index contributed by atoms with van der Waals surface area (Å²) in [5.74, 6) is -0.0922. The fourth-order valence-electron chi connectivity index (χ4n) is 2.44. The van der Waals surface area contributed by atoms with Crippen LogP contribution in [-0.2, 0) is 10.0 Å². The van der Waals surface area contributed by atoms with E-state index in [-0.39, 0.29) is 10.8 Å². The van der Waals surface area contributed by atoms with Crippen molar-refractivity contribution in [3.63, 3.8) is 0 Å². The number of amides is 1. The van der Waals surface area contributed by atoms with E-state index in [0.29, 0.717) is 18.2 Å². The standard InChI is InChI=1S/C15H22N2O3S/c1-4-7-17(12-5-6-12)15(18)14-9-13(21(16,19)20)8-10(2)11(14)3/h8-9,12H,4-7H2,1-3H3,(H2,16,19,20). The molecule has 1 aliphatic carbocycles. The molecule has 6 heteroatoms. The highest BCUT2D eigenvalue weighted by atomic mass is 32.2. The molecule has 21 heavy (non-hydrogen) atoms. The van der Waals surface area contributed by atoms with Crippen LogP contribution in [0.2, 0.25) is 0 Å². The molecule has 0 atom stereocenters. The largest absolute Gasteiger partial charge is 0.336 e. The molecule has 0 saturated heterocycles. The summed E-state index contributed by atoms with van der Waals surface area (Å²) in [7, 11) is -3.81. The van der Waals surface area contributed by atoms with E-state index >= 15 is 0 Å². The highest BCUT2D eigenvalue weighted by Crippen LogP contribution is 2.30. The lowest BCUT2D eigenvalue weighted by Crippen LogP contribution is -2.34. The third-order valence-electron chi connectivity index (χ3n) is 3.91. The minimum absolute atomic E-state index is 0.00111. The highest BCUT2D eigenvalue weighted by molar-refractivity contribution is 7.89. The lowest BCUT2D eigenvalue weighted by molar-refractivity contribution is 0.0742. The Balaban J connectivity index is 2.46. The van der Waals surface area contributed by atoms with E-state index in [1.807, 2.05) is 18.7 Å². The quantitative estimate of drug-likeness (QED) is 0.902. The smallest absolute Gasteiger partial charge is 0.254 e. The molecule has 0 spiro atoms. The third kappa shape index (κ3) is 3.44. The van der Waals surface area contributed by atoms with Crippen LogP contribution in [0, 0.1) is 13.8 Å². The van der Waals surface area contributed by atoms with Gasteiger partial charge in [-0.25, -0.2) is 13.6 Å². The van der Waals surface area contributed by atoms with E-state index in [4.69, 9.17) is 5.14 Å². The van der Waals surface area contributed by atoms with Crippen LogP contribution in [0.1, 0.15) is 47.7 Å². The summed E-state index contributed by atoms with van der Waals surface area (Å²) in [5.41, 5.74) is 2.02. The molecule has 116 valence electrons. The second kappa shape index (κ2) is 5.77. The first-order chi connectivity index (χ1) is 9.75. The Bertz CT molecular complexity index is 664. The number of hydrogen-bond acceptors (Lipinski definition) is 3. The molecule has 0 unspecified atom stereocenters. The van der Waals surface area contributed by atoms with Crippen molar-refractivity contribution in [1.29, 1.82) is 0 Å². The molecule has 1 saturated carbocycles. The predicted molar refractivity (Wildman–Crippen MR) is 81.6 cm³/mol. The molecule has 5 nitrogen and oxygen atoms in total. The van der Waals surface area contributed by atoms with Gasteiger partial charge in [0, 0.05) is 18.2 Å². The summed E-state index contributed by atoms with van der Waals surface area (Å²) in [4.78, 5) is 14.6. The monoisotopic (exact) mass is 310 g/mol. The van der Waals surface area contributed by atoms with Crippen molar-refractivity contribution in [2.75, 3.05) is 6.54 Å². The van der Waals surface area contributed by atoms with Gasteiger partial charge in [-0.15, -0.1) is 0 Å². The molecular weight excluding hydrogens is 288 g/mol. The number of benzene rings is 1. The van der Waals surface area contributed by atoms with Crippen LogP contribution in [-0.4, -0.2) is 31.8 Å². The fourth-order valence-corrected chi connectivity index (χ4v) is 3.07. The fraction of sp³-hybridized carbons (Fsp3) is 0.533. The summed E-state index contributed by atoms with van der Waals surface area (Å²) in [6, 6.07) is 3.23. The molecule has 0 bridgehead atoms. The molecule has 1 aromatic rings. The van der Waals surface area contributed by atoms with E-state index in [1.54, 1.807) is 6.92 Å². The van der Waals surface area contributed by atoms with Gasteiger partial charge in [0.15, 0.2) is 0 Å². The van der Waals surface area contributed by atoms with Crippen LogP contribution in [0.4, 0.5) is 0 Å². The van der Waals surface area contributed by atoms with Gasteiger partial charge in [-0.05, 0) is 56.4 Å². The van der Waals surface area contributed by atoms with E-state index in [1.165, 1.54) is 12.1 Å². The van der Waals surface area contributed by atoms with Crippen molar-refractivity contribution >= 4 is 15.9 Å². The van der Waals surface area contributed by atoms with E-state index in [9.17, 15) is 13.2 Å². The van der Waals surface area contributed by atoms with Gasteiger partial charge in [0.05, 0.1) is 4.90 Å². The Morgan fingerprint density at radius 3 is 2.43 bits per heavy atom. The van der Waals surface area contributed by atoms with Crippen LogP contribution in [0.3, 0.4) is 0 Å². The van der Waals surface area contributed by atoms with Gasteiger partial charge in [0.1, 0.15) is 0 Å². The zero-order valence-electron chi connectivity index (χ0n) is 12.7. The molecule has 1 fully saturated rings. The van der Waals surface area contributed by atoms with E-state index in [2.05, 4.69) is 0 Å². The first kappa shape index (κ1) is 16.0.